The van der Waals surface area contributed by atoms with Gasteiger partial charge in [0, 0.05) is 29.0 Å². The normalized spacial score (nSPS) is 19.9. The predicted octanol–water partition coefficient (Wildman–Crippen LogP) is 1.79. The van der Waals surface area contributed by atoms with Crippen LogP contribution in [0.4, 0.5) is 8.78 Å². The van der Waals surface area contributed by atoms with Crippen LogP contribution in [0.15, 0.2) is 16.9 Å². The van der Waals surface area contributed by atoms with Crippen molar-refractivity contribution in [2.24, 2.45) is 5.73 Å². The molecule has 3 aromatic rings. The molecule has 36 heavy (non-hydrogen) atoms. The van der Waals surface area contributed by atoms with Gasteiger partial charge in [-0.3, -0.25) is 9.59 Å². The van der Waals surface area contributed by atoms with E-state index in [4.69, 9.17) is 22.1 Å². The van der Waals surface area contributed by atoms with Gasteiger partial charge < -0.3 is 25.3 Å². The Labute approximate surface area is 207 Å². The lowest BCUT2D eigenvalue weighted by Crippen LogP contribution is -2.44. The number of carbonyl (C=O) groups is 2. The summed E-state index contributed by atoms with van der Waals surface area (Å²) < 4.78 is 35.9. The van der Waals surface area contributed by atoms with Gasteiger partial charge in [-0.15, -0.1) is 0 Å². The first-order valence-electron chi connectivity index (χ1n) is 11.0. The van der Waals surface area contributed by atoms with Gasteiger partial charge in [0.05, 0.1) is 29.0 Å². The average Bonchev–Trinajstić information content (AvgIpc) is 3.19. The van der Waals surface area contributed by atoms with Crippen LogP contribution in [0.25, 0.3) is 22.3 Å². The van der Waals surface area contributed by atoms with E-state index in [1.165, 1.54) is 10.6 Å². The number of benzene rings is 1. The van der Waals surface area contributed by atoms with Crippen molar-refractivity contribution in [3.8, 4) is 11.4 Å². The lowest BCUT2D eigenvalue weighted by Gasteiger charge is -2.31. The molecule has 0 aliphatic carbocycles. The van der Waals surface area contributed by atoms with Crippen molar-refractivity contribution in [2.75, 3.05) is 0 Å². The molecule has 2 atom stereocenters. The number of rotatable bonds is 4. The Morgan fingerprint density at radius 1 is 1.33 bits per heavy atom. The molecular weight excluding hydrogens is 500 g/mol. The molecule has 0 spiro atoms. The van der Waals surface area contributed by atoms with Gasteiger partial charge in [0.25, 0.3) is 5.56 Å². The number of aliphatic hydroxyl groups is 2. The molecule has 0 saturated carbocycles. The second-order valence-electron chi connectivity index (χ2n) is 9.22. The van der Waals surface area contributed by atoms with E-state index < -0.39 is 51.7 Å². The first-order chi connectivity index (χ1) is 16.8. The number of pyridine rings is 2. The van der Waals surface area contributed by atoms with E-state index in [1.54, 1.807) is 6.92 Å². The van der Waals surface area contributed by atoms with Gasteiger partial charge in [-0.2, -0.15) is 0 Å². The second-order valence-corrected chi connectivity index (χ2v) is 9.59. The van der Waals surface area contributed by atoms with Crippen molar-refractivity contribution >= 4 is 34.4 Å². The van der Waals surface area contributed by atoms with Crippen LogP contribution in [0.5, 0.6) is 0 Å². The molecule has 0 saturated heterocycles. The number of halogens is 3. The van der Waals surface area contributed by atoms with Crippen LogP contribution in [0.2, 0.25) is 5.02 Å². The minimum Gasteiger partial charge on any atom is -0.458 e. The summed E-state index contributed by atoms with van der Waals surface area (Å²) >= 11 is 5.81. The minimum absolute atomic E-state index is 0.0615. The van der Waals surface area contributed by atoms with Crippen LogP contribution in [0.3, 0.4) is 0 Å². The highest BCUT2D eigenvalue weighted by molar-refractivity contribution is 6.31. The molecule has 0 bridgehead atoms. The first kappa shape index (κ1) is 24.3. The van der Waals surface area contributed by atoms with E-state index in [9.17, 15) is 29.0 Å². The molecule has 0 fully saturated rings. The Morgan fingerprint density at radius 2 is 2.03 bits per heavy atom. The van der Waals surface area contributed by atoms with Crippen molar-refractivity contribution in [3.05, 3.63) is 61.4 Å². The first-order valence-corrected chi connectivity index (χ1v) is 11.4. The number of aromatic nitrogens is 2. The molecule has 12 heteroatoms. The molecule has 2 aliphatic heterocycles. The quantitative estimate of drug-likeness (QED) is 0.275. The van der Waals surface area contributed by atoms with Gasteiger partial charge in [0.1, 0.15) is 23.0 Å². The third-order valence-electron chi connectivity index (χ3n) is 6.98. The summed E-state index contributed by atoms with van der Waals surface area (Å²) in [5, 5.41) is 20.6. The lowest BCUT2D eigenvalue weighted by molar-refractivity contribution is -0.172. The number of primary amides is 1. The number of cyclic esters (lactones) is 1. The third kappa shape index (κ3) is 3.19. The Hall–Kier alpha value is -3.41. The molecule has 0 radical (unpaired) electrons. The molecule has 4 heterocycles. The van der Waals surface area contributed by atoms with Gasteiger partial charge >= 0.3 is 5.97 Å². The molecule has 2 aliphatic rings. The number of carbonyl (C=O) groups excluding carboxylic acids is 2. The Kier molecular flexibility index (Phi) is 5.26. The van der Waals surface area contributed by atoms with Crippen molar-refractivity contribution in [1.82, 2.24) is 9.55 Å². The molecule has 4 N–H and O–H groups in total. The molecule has 1 aromatic carbocycles. The Bertz CT molecular complexity index is 1590. The number of nitrogens with zero attached hydrogens (tertiary/aromatic N) is 2. The molecule has 188 valence electrons. The van der Waals surface area contributed by atoms with Crippen LogP contribution in [0.1, 0.15) is 42.5 Å². The minimum atomic E-state index is -2.13. The van der Waals surface area contributed by atoms with E-state index in [1.807, 2.05) is 0 Å². The maximum Gasteiger partial charge on any atom is 0.343 e. The molecule has 9 nitrogen and oxygen atoms in total. The average molecular weight is 520 g/mol. The van der Waals surface area contributed by atoms with Gasteiger partial charge in [-0.05, 0) is 25.0 Å². The van der Waals surface area contributed by atoms with Crippen LogP contribution in [0, 0.1) is 11.6 Å². The number of ether oxygens (including phenoxy) is 1. The summed E-state index contributed by atoms with van der Waals surface area (Å²) in [5.41, 5.74) is 1.20. The number of amides is 1. The van der Waals surface area contributed by atoms with E-state index in [-0.39, 0.29) is 64.1 Å². The maximum atomic E-state index is 15.2. The Balaban J connectivity index is 1.86. The summed E-state index contributed by atoms with van der Waals surface area (Å²) in [4.78, 5) is 42.1. The number of hydrogen-bond acceptors (Lipinski definition) is 7. The predicted molar refractivity (Wildman–Crippen MR) is 123 cm³/mol. The van der Waals surface area contributed by atoms with Crippen LogP contribution < -0.4 is 11.3 Å². The zero-order chi connectivity index (χ0) is 26.3. The van der Waals surface area contributed by atoms with Crippen molar-refractivity contribution in [2.45, 2.75) is 51.0 Å². The van der Waals surface area contributed by atoms with Crippen molar-refractivity contribution in [1.29, 1.82) is 0 Å². The number of fused-ring (bicyclic) bond motifs is 5. The number of esters is 1. The second kappa shape index (κ2) is 7.79. The van der Waals surface area contributed by atoms with Crippen molar-refractivity contribution in [3.63, 3.8) is 0 Å². The number of nitrogens with two attached hydrogens (primary N) is 1. The van der Waals surface area contributed by atoms with E-state index in [0.29, 0.717) is 0 Å². The van der Waals surface area contributed by atoms with E-state index in [0.717, 1.165) is 13.0 Å². The van der Waals surface area contributed by atoms with Crippen LogP contribution >= 0.6 is 11.6 Å². The van der Waals surface area contributed by atoms with Gasteiger partial charge in [-0.1, -0.05) is 18.5 Å². The highest BCUT2D eigenvalue weighted by atomic mass is 35.5. The highest BCUT2D eigenvalue weighted by Gasteiger charge is 2.46. The zero-order valence-electron chi connectivity index (χ0n) is 19.1. The standard InChI is InChI=1S/C24H20ClF2N3O6/c1-3-24(35)12-4-15-19-10(7-30(15)20(31)11(12)8-36-22(24)33)9(6-23(2,34)21(28)32)16-14(29-19)5-13(26)17(25)18(16)27/h4-5,34-35H,3,6-8H2,1-2H3,(H2,28,32)/t23?,24-/m0/s1. The summed E-state index contributed by atoms with van der Waals surface area (Å²) in [6.07, 6.45) is -0.549. The zero-order valence-corrected chi connectivity index (χ0v) is 19.9. The Morgan fingerprint density at radius 3 is 2.67 bits per heavy atom. The molecular formula is C24H20ClF2N3O6. The summed E-state index contributed by atoms with van der Waals surface area (Å²) in [5.74, 6) is -4.20. The monoisotopic (exact) mass is 519 g/mol. The lowest BCUT2D eigenvalue weighted by atomic mass is 9.85. The fourth-order valence-corrected chi connectivity index (χ4v) is 5.01. The summed E-state index contributed by atoms with van der Waals surface area (Å²) in [7, 11) is 0. The highest BCUT2D eigenvalue weighted by Crippen LogP contribution is 2.42. The smallest absolute Gasteiger partial charge is 0.343 e. The third-order valence-corrected chi connectivity index (χ3v) is 7.33. The molecule has 1 amide bonds. The fraction of sp³-hybridized carbons (Fsp3) is 0.333. The van der Waals surface area contributed by atoms with Crippen LogP contribution in [-0.4, -0.2) is 37.2 Å². The van der Waals surface area contributed by atoms with Crippen LogP contribution in [-0.2, 0) is 39.5 Å². The summed E-state index contributed by atoms with van der Waals surface area (Å²) in [6, 6.07) is 2.34. The molecule has 5 rings (SSSR count). The van der Waals surface area contributed by atoms with Gasteiger partial charge in [-0.25, -0.2) is 18.6 Å². The van der Waals surface area contributed by atoms with Gasteiger partial charge in [0.15, 0.2) is 11.4 Å². The molecule has 1 unspecified atom stereocenters. The topological polar surface area (TPSA) is 145 Å². The fourth-order valence-electron chi connectivity index (χ4n) is 4.86. The SMILES string of the molecule is CC[C@@]1(O)C(=O)OCc2c1cc1n(c2=O)Cc2c-1nc1cc(F)c(Cl)c(F)c1c2CC(C)(O)C(N)=O. The number of hydrogen-bond donors (Lipinski definition) is 3. The maximum absolute atomic E-state index is 15.2. The summed E-state index contributed by atoms with van der Waals surface area (Å²) in [6.45, 7) is 2.21. The van der Waals surface area contributed by atoms with Gasteiger partial charge in [0.2, 0.25) is 5.91 Å². The van der Waals surface area contributed by atoms with E-state index >= 15 is 4.39 Å². The van der Waals surface area contributed by atoms with E-state index in [2.05, 4.69) is 4.98 Å². The van der Waals surface area contributed by atoms with Crippen molar-refractivity contribution < 1.29 is 33.3 Å². The largest absolute Gasteiger partial charge is 0.458 e. The molecule has 2 aromatic heterocycles.